The Kier molecular flexibility index (Phi) is 15.2. The maximum Gasteiger partial charge on any atom is 0.307 e. The molecule has 0 amide bonds. The van der Waals surface area contributed by atoms with E-state index in [-0.39, 0.29) is 24.3 Å². The zero-order valence-electron chi connectivity index (χ0n) is 27.1. The molecule has 46 heavy (non-hydrogen) atoms. The number of hydrogen-bond donors (Lipinski definition) is 1. The highest BCUT2D eigenvalue weighted by atomic mass is 35.5. The van der Waals surface area contributed by atoms with Gasteiger partial charge in [-0.25, -0.2) is 0 Å². The Morgan fingerprint density at radius 3 is 1.61 bits per heavy atom. The zero-order valence-corrected chi connectivity index (χ0v) is 28.6. The maximum absolute atomic E-state index is 13.8. The van der Waals surface area contributed by atoms with Crippen LogP contribution in [0.15, 0.2) is 36.4 Å². The molecule has 4 rings (SSSR count). The molecule has 0 saturated carbocycles. The standard InChI is InChI=1S/C18H24ClFO3.C17H23ClFNO3/c1-3-23-17(21)8-13(2)14-9-15(11-16(19)10-14)18(12-20)4-6-22-7-5-18;1-2-23-16(21)10-15(20)12-7-13(9-14(18)8-12)17(11-19)3-5-22-6-4-17/h9-11,13H,3-8,12H2,1-2H3;7-9,15H,2-6,10-11,20H2,1H3. The number of alkyl halides is 2. The van der Waals surface area contributed by atoms with Crippen LogP contribution in [0.4, 0.5) is 8.78 Å². The van der Waals surface area contributed by atoms with Gasteiger partial charge in [-0.1, -0.05) is 42.3 Å². The second-order valence-corrected chi connectivity index (χ2v) is 13.0. The largest absolute Gasteiger partial charge is 0.466 e. The van der Waals surface area contributed by atoms with Crippen LogP contribution in [0.2, 0.25) is 10.0 Å². The van der Waals surface area contributed by atoms with Gasteiger partial charge in [-0.2, -0.15) is 0 Å². The van der Waals surface area contributed by atoms with Crippen LogP contribution in [0.5, 0.6) is 0 Å². The summed E-state index contributed by atoms with van der Waals surface area (Å²) in [4.78, 5) is 23.3. The SMILES string of the molecule is CCOC(=O)CC(C)c1cc(Cl)cc(C2(CF)CCOCC2)c1.CCOC(=O)CC(N)c1cc(Cl)cc(C2(CF)CCOCC2)c1. The number of hydrogen-bond acceptors (Lipinski definition) is 7. The summed E-state index contributed by atoms with van der Waals surface area (Å²) in [6.45, 7) is 7.46. The van der Waals surface area contributed by atoms with Gasteiger partial charge in [0.15, 0.2) is 0 Å². The lowest BCUT2D eigenvalue weighted by atomic mass is 9.74. The molecule has 7 nitrogen and oxygen atoms in total. The molecule has 0 aromatic heterocycles. The molecular weight excluding hydrogens is 639 g/mol. The predicted octanol–water partition coefficient (Wildman–Crippen LogP) is 7.73. The fourth-order valence-electron chi connectivity index (χ4n) is 5.96. The van der Waals surface area contributed by atoms with Crippen molar-refractivity contribution < 1.29 is 37.3 Å². The fourth-order valence-corrected chi connectivity index (χ4v) is 6.45. The lowest BCUT2D eigenvalue weighted by Crippen LogP contribution is -2.36. The van der Waals surface area contributed by atoms with E-state index in [4.69, 9.17) is 47.9 Å². The van der Waals surface area contributed by atoms with Gasteiger partial charge in [0, 0.05) is 53.3 Å². The molecule has 2 aromatic carbocycles. The Hall–Kier alpha value is -2.30. The van der Waals surface area contributed by atoms with E-state index < -0.39 is 30.2 Å². The Labute approximate surface area is 281 Å². The summed E-state index contributed by atoms with van der Waals surface area (Å²) < 4.78 is 48.3. The van der Waals surface area contributed by atoms with E-state index in [2.05, 4.69) is 0 Å². The Morgan fingerprint density at radius 1 is 0.761 bits per heavy atom. The fraction of sp³-hybridized carbons (Fsp3) is 0.600. The molecule has 2 fully saturated rings. The summed E-state index contributed by atoms with van der Waals surface area (Å²) in [5, 5.41) is 1.07. The monoisotopic (exact) mass is 685 g/mol. The summed E-state index contributed by atoms with van der Waals surface area (Å²) in [6, 6.07) is 10.5. The highest BCUT2D eigenvalue weighted by Gasteiger charge is 2.36. The third-order valence-electron chi connectivity index (χ3n) is 8.94. The van der Waals surface area contributed by atoms with Crippen LogP contribution in [-0.2, 0) is 39.4 Å². The van der Waals surface area contributed by atoms with Crippen molar-refractivity contribution in [1.29, 1.82) is 0 Å². The van der Waals surface area contributed by atoms with Crippen LogP contribution < -0.4 is 5.73 Å². The molecular formula is C35H47Cl2F2NO6. The van der Waals surface area contributed by atoms with Gasteiger partial charge in [0.05, 0.1) is 39.4 Å². The van der Waals surface area contributed by atoms with E-state index in [0.717, 1.165) is 22.3 Å². The summed E-state index contributed by atoms with van der Waals surface area (Å²) in [5.74, 6) is -0.608. The number of benzene rings is 2. The number of rotatable bonds is 12. The van der Waals surface area contributed by atoms with Crippen molar-refractivity contribution in [1.82, 2.24) is 0 Å². The van der Waals surface area contributed by atoms with E-state index in [1.807, 2.05) is 31.2 Å². The van der Waals surface area contributed by atoms with E-state index in [1.54, 1.807) is 26.0 Å². The second-order valence-electron chi connectivity index (χ2n) is 12.1. The van der Waals surface area contributed by atoms with Gasteiger partial charge >= 0.3 is 11.9 Å². The van der Waals surface area contributed by atoms with E-state index >= 15 is 0 Å². The Bertz CT molecular complexity index is 1190. The first-order valence-corrected chi connectivity index (χ1v) is 16.7. The van der Waals surface area contributed by atoms with Gasteiger partial charge in [0.2, 0.25) is 0 Å². The van der Waals surface area contributed by atoms with Crippen molar-refractivity contribution in [2.75, 3.05) is 53.0 Å². The lowest BCUT2D eigenvalue weighted by Gasteiger charge is -2.35. The number of esters is 2. The number of nitrogens with two attached hydrogens (primary N) is 1. The molecule has 0 bridgehead atoms. The first-order valence-electron chi connectivity index (χ1n) is 16.0. The van der Waals surface area contributed by atoms with Crippen molar-refractivity contribution in [3.8, 4) is 0 Å². The zero-order chi connectivity index (χ0) is 33.7. The molecule has 11 heteroatoms. The average Bonchev–Trinajstić information content (AvgIpc) is 3.05. The van der Waals surface area contributed by atoms with E-state index in [1.165, 1.54) is 0 Å². The summed E-state index contributed by atoms with van der Waals surface area (Å²) in [6.07, 6.45) is 2.87. The van der Waals surface area contributed by atoms with Crippen LogP contribution in [0.1, 0.15) is 93.5 Å². The molecule has 0 spiro atoms. The number of halogens is 4. The van der Waals surface area contributed by atoms with E-state index in [0.29, 0.717) is 81.8 Å². The van der Waals surface area contributed by atoms with Crippen molar-refractivity contribution in [2.24, 2.45) is 5.73 Å². The maximum atomic E-state index is 13.8. The highest BCUT2D eigenvalue weighted by Crippen LogP contribution is 2.39. The van der Waals surface area contributed by atoms with Crippen LogP contribution in [-0.4, -0.2) is 64.9 Å². The molecule has 2 aromatic rings. The smallest absolute Gasteiger partial charge is 0.307 e. The first-order chi connectivity index (χ1) is 22.0. The Morgan fingerprint density at radius 2 is 1.17 bits per heavy atom. The third-order valence-corrected chi connectivity index (χ3v) is 9.38. The number of carbonyl (C=O) groups is 2. The molecule has 2 saturated heterocycles. The molecule has 2 N–H and O–H groups in total. The third kappa shape index (κ3) is 10.3. The highest BCUT2D eigenvalue weighted by molar-refractivity contribution is 6.31. The molecule has 0 radical (unpaired) electrons. The van der Waals surface area contributed by atoms with Crippen molar-refractivity contribution in [2.45, 2.75) is 82.1 Å². The molecule has 2 aliphatic heterocycles. The quantitative estimate of drug-likeness (QED) is 0.229. The molecule has 0 aliphatic carbocycles. The van der Waals surface area contributed by atoms with Gasteiger partial charge in [0.25, 0.3) is 0 Å². The van der Waals surface area contributed by atoms with Crippen LogP contribution in [0.25, 0.3) is 0 Å². The molecule has 256 valence electrons. The van der Waals surface area contributed by atoms with Gasteiger partial charge < -0.3 is 24.7 Å². The first kappa shape index (κ1) is 38.2. The molecule has 2 atom stereocenters. The lowest BCUT2D eigenvalue weighted by molar-refractivity contribution is -0.144. The van der Waals surface area contributed by atoms with Crippen molar-refractivity contribution in [3.63, 3.8) is 0 Å². The molecule has 2 aliphatic rings. The van der Waals surface area contributed by atoms with Crippen molar-refractivity contribution >= 4 is 35.1 Å². The van der Waals surface area contributed by atoms with Crippen LogP contribution in [0, 0.1) is 0 Å². The van der Waals surface area contributed by atoms with Crippen LogP contribution in [0.3, 0.4) is 0 Å². The Balaban J connectivity index is 0.000000250. The minimum Gasteiger partial charge on any atom is -0.466 e. The summed E-state index contributed by atoms with van der Waals surface area (Å²) in [5.41, 5.74) is 8.39. The molecule has 2 heterocycles. The van der Waals surface area contributed by atoms with Gasteiger partial charge in [0.1, 0.15) is 0 Å². The summed E-state index contributed by atoms with van der Waals surface area (Å²) in [7, 11) is 0. The van der Waals surface area contributed by atoms with Gasteiger partial charge in [-0.05, 0) is 92.0 Å². The van der Waals surface area contributed by atoms with Crippen molar-refractivity contribution in [3.05, 3.63) is 68.7 Å². The van der Waals surface area contributed by atoms with E-state index in [9.17, 15) is 18.4 Å². The topological polar surface area (TPSA) is 97.1 Å². The normalized spacial score (nSPS) is 18.4. The van der Waals surface area contributed by atoms with Gasteiger partial charge in [-0.15, -0.1) is 0 Å². The number of carbonyl (C=O) groups excluding carboxylic acids is 2. The second kappa shape index (κ2) is 18.3. The predicted molar refractivity (Wildman–Crippen MR) is 176 cm³/mol. The minimum atomic E-state index is -0.582. The molecule has 2 unspecified atom stereocenters. The average molecular weight is 687 g/mol. The van der Waals surface area contributed by atoms with Gasteiger partial charge in [-0.3, -0.25) is 18.4 Å². The number of ether oxygens (including phenoxy) is 4. The van der Waals surface area contributed by atoms with Crippen LogP contribution >= 0.6 is 23.2 Å². The summed E-state index contributed by atoms with van der Waals surface area (Å²) >= 11 is 12.5. The minimum absolute atomic E-state index is 0.0250.